The van der Waals surface area contributed by atoms with Crippen molar-refractivity contribution < 1.29 is 14.3 Å². The van der Waals surface area contributed by atoms with Crippen LogP contribution in [0.3, 0.4) is 0 Å². The quantitative estimate of drug-likeness (QED) is 0.851. The molecule has 0 saturated carbocycles. The zero-order chi connectivity index (χ0) is 16.7. The van der Waals surface area contributed by atoms with Gasteiger partial charge in [-0.05, 0) is 30.2 Å². The summed E-state index contributed by atoms with van der Waals surface area (Å²) in [4.78, 5) is 11.1. The van der Waals surface area contributed by atoms with Gasteiger partial charge in [0.05, 0.1) is 19.8 Å². The van der Waals surface area contributed by atoms with Crippen LogP contribution in [0, 0.1) is 0 Å². The lowest BCUT2D eigenvalue weighted by Gasteiger charge is -2.13. The first-order chi connectivity index (χ1) is 11.1. The first-order valence-corrected chi connectivity index (χ1v) is 7.71. The van der Waals surface area contributed by atoms with Crippen molar-refractivity contribution >= 4 is 5.91 Å². The highest BCUT2D eigenvalue weighted by Crippen LogP contribution is 2.19. The fraction of sp³-hybridized carbons (Fsp3) is 0.316. The molecule has 0 unspecified atom stereocenters. The third-order valence-electron chi connectivity index (χ3n) is 3.60. The number of carbonyl (C=O) groups excluding carboxylic acids is 1. The molecule has 0 bridgehead atoms. The van der Waals surface area contributed by atoms with Crippen LogP contribution in [-0.4, -0.2) is 19.6 Å². The molecule has 0 aliphatic rings. The van der Waals surface area contributed by atoms with Crippen molar-refractivity contribution in [2.75, 3.05) is 13.7 Å². The van der Waals surface area contributed by atoms with E-state index in [4.69, 9.17) is 9.47 Å². The molecule has 0 aliphatic carbocycles. The molecule has 4 heteroatoms. The average Bonchev–Trinajstić information content (AvgIpc) is 2.55. The fourth-order valence-electron chi connectivity index (χ4n) is 2.34. The van der Waals surface area contributed by atoms with Crippen LogP contribution in [0.1, 0.15) is 31.0 Å². The minimum absolute atomic E-state index is 0.0201. The Balaban J connectivity index is 1.85. The monoisotopic (exact) mass is 313 g/mol. The van der Waals surface area contributed by atoms with E-state index >= 15 is 0 Å². The molecular weight excluding hydrogens is 290 g/mol. The van der Waals surface area contributed by atoms with E-state index < -0.39 is 0 Å². The number of nitrogens with one attached hydrogen (secondary N) is 1. The van der Waals surface area contributed by atoms with E-state index in [1.165, 1.54) is 12.5 Å². The van der Waals surface area contributed by atoms with Crippen molar-refractivity contribution in [1.82, 2.24) is 5.32 Å². The van der Waals surface area contributed by atoms with Gasteiger partial charge >= 0.3 is 0 Å². The number of hydrogen-bond acceptors (Lipinski definition) is 3. The molecule has 0 heterocycles. The molecule has 1 atom stereocenters. The minimum Gasteiger partial charge on any atom is -0.497 e. The van der Waals surface area contributed by atoms with Gasteiger partial charge in [-0.1, -0.05) is 30.3 Å². The summed E-state index contributed by atoms with van der Waals surface area (Å²) in [6.07, 6.45) is 0.825. The standard InChI is InChI=1S/C19H23NO3/c1-14(20-15(2)21)17-9-7-16(8-10-17)11-12-23-19-6-4-5-18(13-19)22-3/h4-10,13-14H,11-12H2,1-3H3,(H,20,21)/t14-/m0/s1. The Labute approximate surface area is 137 Å². The fourth-order valence-corrected chi connectivity index (χ4v) is 2.34. The number of rotatable bonds is 7. The van der Waals surface area contributed by atoms with E-state index in [1.807, 2.05) is 43.3 Å². The predicted molar refractivity (Wildman–Crippen MR) is 90.9 cm³/mol. The predicted octanol–water partition coefficient (Wildman–Crippen LogP) is 3.51. The Kier molecular flexibility index (Phi) is 6.03. The van der Waals surface area contributed by atoms with Gasteiger partial charge in [-0.3, -0.25) is 4.79 Å². The van der Waals surface area contributed by atoms with E-state index in [-0.39, 0.29) is 11.9 Å². The second-order valence-corrected chi connectivity index (χ2v) is 5.44. The maximum atomic E-state index is 11.1. The normalized spacial score (nSPS) is 11.6. The van der Waals surface area contributed by atoms with Crippen molar-refractivity contribution in [2.24, 2.45) is 0 Å². The van der Waals surface area contributed by atoms with Crippen LogP contribution in [0.25, 0.3) is 0 Å². The molecule has 0 fully saturated rings. The van der Waals surface area contributed by atoms with Crippen molar-refractivity contribution in [2.45, 2.75) is 26.3 Å². The molecule has 23 heavy (non-hydrogen) atoms. The van der Waals surface area contributed by atoms with Gasteiger partial charge in [0, 0.05) is 19.4 Å². The highest BCUT2D eigenvalue weighted by atomic mass is 16.5. The summed E-state index contributed by atoms with van der Waals surface area (Å²) in [5.74, 6) is 1.58. The molecule has 1 amide bonds. The summed E-state index contributed by atoms with van der Waals surface area (Å²) >= 11 is 0. The minimum atomic E-state index is -0.0201. The molecule has 2 rings (SSSR count). The molecule has 1 N–H and O–H groups in total. The van der Waals surface area contributed by atoms with Crippen LogP contribution < -0.4 is 14.8 Å². The number of benzene rings is 2. The van der Waals surface area contributed by atoms with Crippen LogP contribution in [0.5, 0.6) is 11.5 Å². The number of hydrogen-bond donors (Lipinski definition) is 1. The summed E-state index contributed by atoms with van der Waals surface area (Å²) in [6, 6.07) is 15.8. The van der Waals surface area contributed by atoms with Crippen molar-refractivity contribution in [3.05, 3.63) is 59.7 Å². The highest BCUT2D eigenvalue weighted by Gasteiger charge is 2.06. The SMILES string of the molecule is COc1cccc(OCCc2ccc([C@H](C)NC(C)=O)cc2)c1. The summed E-state index contributed by atoms with van der Waals surface area (Å²) < 4.78 is 10.9. The van der Waals surface area contributed by atoms with Crippen LogP contribution in [0.2, 0.25) is 0 Å². The van der Waals surface area contributed by atoms with Gasteiger partial charge in [-0.2, -0.15) is 0 Å². The molecular formula is C19H23NO3. The summed E-state index contributed by atoms with van der Waals surface area (Å²) in [7, 11) is 1.64. The van der Waals surface area contributed by atoms with Gasteiger partial charge < -0.3 is 14.8 Å². The Morgan fingerprint density at radius 3 is 2.48 bits per heavy atom. The Hall–Kier alpha value is -2.49. The van der Waals surface area contributed by atoms with Gasteiger partial charge in [0.1, 0.15) is 11.5 Å². The third-order valence-corrected chi connectivity index (χ3v) is 3.60. The lowest BCUT2D eigenvalue weighted by molar-refractivity contribution is -0.119. The first kappa shape index (κ1) is 16.9. The third kappa shape index (κ3) is 5.33. The molecule has 0 radical (unpaired) electrons. The Bertz CT molecular complexity index is 637. The van der Waals surface area contributed by atoms with Crippen LogP contribution >= 0.6 is 0 Å². The summed E-state index contributed by atoms with van der Waals surface area (Å²) in [6.45, 7) is 4.11. The highest BCUT2D eigenvalue weighted by molar-refractivity contribution is 5.73. The van der Waals surface area contributed by atoms with Crippen LogP contribution in [0.4, 0.5) is 0 Å². The van der Waals surface area contributed by atoms with E-state index in [0.29, 0.717) is 6.61 Å². The zero-order valence-electron chi connectivity index (χ0n) is 13.8. The lowest BCUT2D eigenvalue weighted by Crippen LogP contribution is -2.23. The van der Waals surface area contributed by atoms with Crippen molar-refractivity contribution in [1.29, 1.82) is 0 Å². The topological polar surface area (TPSA) is 47.6 Å². The molecule has 122 valence electrons. The van der Waals surface area contributed by atoms with Gasteiger partial charge in [-0.25, -0.2) is 0 Å². The van der Waals surface area contributed by atoms with E-state index in [0.717, 1.165) is 23.5 Å². The van der Waals surface area contributed by atoms with Gasteiger partial charge in [0.2, 0.25) is 5.91 Å². The van der Waals surface area contributed by atoms with Gasteiger partial charge in [0.15, 0.2) is 0 Å². The molecule has 0 aliphatic heterocycles. The second-order valence-electron chi connectivity index (χ2n) is 5.44. The molecule has 4 nitrogen and oxygen atoms in total. The summed E-state index contributed by atoms with van der Waals surface area (Å²) in [5, 5.41) is 2.88. The van der Waals surface area contributed by atoms with E-state index in [2.05, 4.69) is 17.4 Å². The van der Waals surface area contributed by atoms with Crippen LogP contribution in [0.15, 0.2) is 48.5 Å². The Morgan fingerprint density at radius 2 is 1.83 bits per heavy atom. The molecule has 0 spiro atoms. The van der Waals surface area contributed by atoms with E-state index in [1.54, 1.807) is 7.11 Å². The Morgan fingerprint density at radius 1 is 1.13 bits per heavy atom. The smallest absolute Gasteiger partial charge is 0.217 e. The molecule has 0 saturated heterocycles. The molecule has 2 aromatic carbocycles. The number of amides is 1. The number of methoxy groups -OCH3 is 1. The van der Waals surface area contributed by atoms with Crippen molar-refractivity contribution in [3.8, 4) is 11.5 Å². The number of carbonyl (C=O) groups is 1. The van der Waals surface area contributed by atoms with Gasteiger partial charge in [0.25, 0.3) is 0 Å². The van der Waals surface area contributed by atoms with Gasteiger partial charge in [-0.15, -0.1) is 0 Å². The first-order valence-electron chi connectivity index (χ1n) is 7.71. The largest absolute Gasteiger partial charge is 0.497 e. The van der Waals surface area contributed by atoms with Crippen LogP contribution in [-0.2, 0) is 11.2 Å². The second kappa shape index (κ2) is 8.22. The zero-order valence-corrected chi connectivity index (χ0v) is 13.8. The average molecular weight is 313 g/mol. The summed E-state index contributed by atoms with van der Waals surface area (Å²) in [5.41, 5.74) is 2.30. The maximum Gasteiger partial charge on any atom is 0.217 e. The van der Waals surface area contributed by atoms with E-state index in [9.17, 15) is 4.79 Å². The molecule has 2 aromatic rings. The lowest BCUT2D eigenvalue weighted by atomic mass is 10.0. The van der Waals surface area contributed by atoms with Crippen molar-refractivity contribution in [3.63, 3.8) is 0 Å². The molecule has 0 aromatic heterocycles. The number of ether oxygens (including phenoxy) is 2. The maximum absolute atomic E-state index is 11.1.